The minimum absolute atomic E-state index is 0. The Morgan fingerprint density at radius 3 is 1.91 bits per heavy atom. The normalized spacial score (nSPS) is 28.1. The van der Waals surface area contributed by atoms with Crippen LogP contribution in [0.1, 0.15) is 25.7 Å². The fourth-order valence-electron chi connectivity index (χ4n) is 1.25. The highest BCUT2D eigenvalue weighted by molar-refractivity contribution is 4.91. The lowest BCUT2D eigenvalue weighted by molar-refractivity contribution is 0.261. The summed E-state index contributed by atoms with van der Waals surface area (Å²) in [5, 5.41) is 0. The Morgan fingerprint density at radius 2 is 1.64 bits per heavy atom. The Balaban J connectivity index is 0. The Labute approximate surface area is 66.5 Å². The van der Waals surface area contributed by atoms with Crippen LogP contribution in [-0.2, 0) is 0 Å². The SMILES string of the molecule is NC1CCCCC1(N)N.O.O. The van der Waals surface area contributed by atoms with Crippen LogP contribution in [0.3, 0.4) is 0 Å². The fraction of sp³-hybridized carbons (Fsp3) is 1.00. The van der Waals surface area contributed by atoms with Crippen molar-refractivity contribution < 1.29 is 11.0 Å². The van der Waals surface area contributed by atoms with Gasteiger partial charge >= 0.3 is 0 Å². The predicted molar refractivity (Wildman–Crippen MR) is 44.8 cm³/mol. The molecule has 1 unspecified atom stereocenters. The lowest BCUT2D eigenvalue weighted by atomic mass is 9.86. The average molecular weight is 165 g/mol. The molecular weight excluding hydrogens is 146 g/mol. The molecule has 0 aliphatic heterocycles. The van der Waals surface area contributed by atoms with Gasteiger partial charge in [0.25, 0.3) is 0 Å². The summed E-state index contributed by atoms with van der Waals surface area (Å²) in [6, 6.07) is 0.00579. The zero-order valence-corrected chi connectivity index (χ0v) is 6.64. The fourth-order valence-corrected chi connectivity index (χ4v) is 1.25. The van der Waals surface area contributed by atoms with E-state index in [2.05, 4.69) is 0 Å². The van der Waals surface area contributed by atoms with E-state index in [-0.39, 0.29) is 17.0 Å². The van der Waals surface area contributed by atoms with Crippen molar-refractivity contribution >= 4 is 0 Å². The van der Waals surface area contributed by atoms with E-state index in [4.69, 9.17) is 17.2 Å². The Kier molecular flexibility index (Phi) is 5.64. The van der Waals surface area contributed by atoms with Crippen LogP contribution >= 0.6 is 0 Å². The third kappa shape index (κ3) is 3.13. The average Bonchev–Trinajstić information content (AvgIpc) is 1.77. The smallest absolute Gasteiger partial charge is 0.0792 e. The molecule has 10 N–H and O–H groups in total. The monoisotopic (exact) mass is 165 g/mol. The van der Waals surface area contributed by atoms with E-state index in [1.54, 1.807) is 0 Å². The van der Waals surface area contributed by atoms with Gasteiger partial charge in [-0.1, -0.05) is 12.8 Å². The van der Waals surface area contributed by atoms with E-state index in [1.807, 2.05) is 0 Å². The van der Waals surface area contributed by atoms with Gasteiger partial charge in [-0.05, 0) is 12.8 Å². The van der Waals surface area contributed by atoms with Crippen molar-refractivity contribution in [3.63, 3.8) is 0 Å². The molecule has 1 fully saturated rings. The van der Waals surface area contributed by atoms with Gasteiger partial charge in [-0.2, -0.15) is 0 Å². The van der Waals surface area contributed by atoms with Gasteiger partial charge in [0.1, 0.15) is 0 Å². The molecule has 0 aromatic heterocycles. The van der Waals surface area contributed by atoms with Crippen molar-refractivity contribution in [1.29, 1.82) is 0 Å². The largest absolute Gasteiger partial charge is 0.412 e. The molecule has 0 saturated heterocycles. The van der Waals surface area contributed by atoms with Crippen LogP contribution in [0.2, 0.25) is 0 Å². The van der Waals surface area contributed by atoms with Crippen LogP contribution in [0.4, 0.5) is 0 Å². The third-order valence-electron chi connectivity index (χ3n) is 2.07. The Hall–Kier alpha value is -0.200. The molecule has 5 nitrogen and oxygen atoms in total. The van der Waals surface area contributed by atoms with Crippen LogP contribution < -0.4 is 17.2 Å². The molecule has 1 rings (SSSR count). The van der Waals surface area contributed by atoms with E-state index >= 15 is 0 Å². The molecule has 11 heavy (non-hydrogen) atoms. The molecule has 5 heteroatoms. The van der Waals surface area contributed by atoms with Crippen LogP contribution in [0.25, 0.3) is 0 Å². The van der Waals surface area contributed by atoms with Crippen molar-refractivity contribution in [3.8, 4) is 0 Å². The number of hydrogen-bond acceptors (Lipinski definition) is 3. The second kappa shape index (κ2) is 4.63. The first-order valence-electron chi connectivity index (χ1n) is 3.46. The molecule has 1 saturated carbocycles. The summed E-state index contributed by atoms with van der Waals surface area (Å²) in [4.78, 5) is 0. The molecule has 1 aliphatic carbocycles. The minimum atomic E-state index is -0.585. The van der Waals surface area contributed by atoms with Crippen molar-refractivity contribution in [2.24, 2.45) is 17.2 Å². The summed E-state index contributed by atoms with van der Waals surface area (Å²) in [5.74, 6) is 0. The molecule has 0 radical (unpaired) electrons. The standard InChI is InChI=1S/C6H15N3.2H2O/c7-5-3-1-2-4-6(5,8)9;;/h5H,1-4,7-9H2;2*1H2. The van der Waals surface area contributed by atoms with E-state index in [1.165, 1.54) is 6.42 Å². The maximum absolute atomic E-state index is 5.67. The van der Waals surface area contributed by atoms with Gasteiger partial charge in [0.2, 0.25) is 0 Å². The lowest BCUT2D eigenvalue weighted by Gasteiger charge is -2.35. The van der Waals surface area contributed by atoms with Crippen molar-refractivity contribution in [2.75, 3.05) is 0 Å². The van der Waals surface area contributed by atoms with Gasteiger partial charge in [-0.25, -0.2) is 0 Å². The zero-order chi connectivity index (χ0) is 6.91. The summed E-state index contributed by atoms with van der Waals surface area (Å²) in [5.41, 5.74) is 16.4. The first-order chi connectivity index (χ1) is 4.13. The molecule has 1 aliphatic rings. The Morgan fingerprint density at radius 1 is 1.09 bits per heavy atom. The second-order valence-corrected chi connectivity index (χ2v) is 2.96. The molecule has 1 atom stereocenters. The van der Waals surface area contributed by atoms with Crippen LogP contribution in [0, 0.1) is 0 Å². The van der Waals surface area contributed by atoms with Crippen molar-refractivity contribution in [1.82, 2.24) is 0 Å². The predicted octanol–water partition coefficient (Wildman–Crippen LogP) is -2.15. The maximum Gasteiger partial charge on any atom is 0.0792 e. The highest BCUT2D eigenvalue weighted by Gasteiger charge is 2.29. The van der Waals surface area contributed by atoms with Gasteiger partial charge in [0.05, 0.1) is 5.66 Å². The van der Waals surface area contributed by atoms with Crippen LogP contribution in [0.5, 0.6) is 0 Å². The molecule has 0 heterocycles. The van der Waals surface area contributed by atoms with E-state index in [9.17, 15) is 0 Å². The summed E-state index contributed by atoms with van der Waals surface area (Å²) in [7, 11) is 0. The number of nitrogens with two attached hydrogens (primary N) is 3. The van der Waals surface area contributed by atoms with Crippen molar-refractivity contribution in [2.45, 2.75) is 37.4 Å². The topological polar surface area (TPSA) is 141 Å². The second-order valence-electron chi connectivity index (χ2n) is 2.96. The van der Waals surface area contributed by atoms with Crippen LogP contribution in [0.15, 0.2) is 0 Å². The summed E-state index contributed by atoms with van der Waals surface area (Å²) >= 11 is 0. The van der Waals surface area contributed by atoms with Gasteiger partial charge in [-0.3, -0.25) is 0 Å². The highest BCUT2D eigenvalue weighted by Crippen LogP contribution is 2.19. The molecule has 0 aromatic carbocycles. The van der Waals surface area contributed by atoms with E-state index in [0.717, 1.165) is 19.3 Å². The minimum Gasteiger partial charge on any atom is -0.412 e. The van der Waals surface area contributed by atoms with E-state index in [0.29, 0.717) is 0 Å². The van der Waals surface area contributed by atoms with Gasteiger partial charge in [0, 0.05) is 6.04 Å². The first-order valence-corrected chi connectivity index (χ1v) is 3.46. The van der Waals surface area contributed by atoms with Crippen molar-refractivity contribution in [3.05, 3.63) is 0 Å². The summed E-state index contributed by atoms with van der Waals surface area (Å²) in [6.07, 6.45) is 4.15. The van der Waals surface area contributed by atoms with Gasteiger partial charge in [-0.15, -0.1) is 0 Å². The highest BCUT2D eigenvalue weighted by atomic mass is 16.0. The van der Waals surface area contributed by atoms with Gasteiger partial charge in [0.15, 0.2) is 0 Å². The van der Waals surface area contributed by atoms with Crippen LogP contribution in [-0.4, -0.2) is 22.7 Å². The molecule has 0 spiro atoms. The summed E-state index contributed by atoms with van der Waals surface area (Å²) in [6.45, 7) is 0. The molecule has 70 valence electrons. The molecule has 0 bridgehead atoms. The maximum atomic E-state index is 5.67. The number of rotatable bonds is 0. The number of hydrogen-bond donors (Lipinski definition) is 3. The van der Waals surface area contributed by atoms with Gasteiger partial charge < -0.3 is 28.2 Å². The Bertz CT molecular complexity index is 108. The zero-order valence-electron chi connectivity index (χ0n) is 6.64. The molecule has 0 amide bonds. The summed E-state index contributed by atoms with van der Waals surface area (Å²) < 4.78 is 0. The lowest BCUT2D eigenvalue weighted by Crippen LogP contribution is -2.63. The molecular formula is C6H19N3O2. The molecule has 0 aromatic rings. The van der Waals surface area contributed by atoms with E-state index < -0.39 is 5.66 Å². The third-order valence-corrected chi connectivity index (χ3v) is 2.07. The quantitative estimate of drug-likeness (QED) is 0.352. The first kappa shape index (κ1) is 13.4.